The highest BCUT2D eigenvalue weighted by Gasteiger charge is 2.35. The van der Waals surface area contributed by atoms with Gasteiger partial charge >= 0.3 is 0 Å². The first-order valence-electron chi connectivity index (χ1n) is 6.39. The predicted octanol–water partition coefficient (Wildman–Crippen LogP) is 1.26. The van der Waals surface area contributed by atoms with Gasteiger partial charge in [-0.1, -0.05) is 13.8 Å². The lowest BCUT2D eigenvalue weighted by Gasteiger charge is -2.45. The fourth-order valence-corrected chi connectivity index (χ4v) is 2.37. The lowest BCUT2D eigenvalue weighted by Crippen LogP contribution is -2.63. The lowest BCUT2D eigenvalue weighted by molar-refractivity contribution is -0.140. The van der Waals surface area contributed by atoms with Gasteiger partial charge in [0, 0.05) is 31.8 Å². The SMILES string of the molecule is COCC(=O)N1CC(C)(C)NCC1CC(C)C. The van der Waals surface area contributed by atoms with Crippen molar-refractivity contribution in [1.82, 2.24) is 10.2 Å². The molecule has 0 radical (unpaired) electrons. The van der Waals surface area contributed by atoms with Crippen molar-refractivity contribution < 1.29 is 9.53 Å². The molecule has 0 aromatic heterocycles. The van der Waals surface area contributed by atoms with E-state index in [-0.39, 0.29) is 18.1 Å². The van der Waals surface area contributed by atoms with E-state index in [0.29, 0.717) is 12.0 Å². The summed E-state index contributed by atoms with van der Waals surface area (Å²) in [6.07, 6.45) is 1.04. The zero-order valence-electron chi connectivity index (χ0n) is 11.7. The Hall–Kier alpha value is -0.610. The third kappa shape index (κ3) is 4.28. The van der Waals surface area contributed by atoms with E-state index in [4.69, 9.17) is 4.74 Å². The Labute approximate surface area is 105 Å². The van der Waals surface area contributed by atoms with Gasteiger partial charge in [0.05, 0.1) is 0 Å². The molecule has 4 nitrogen and oxygen atoms in total. The number of carbonyl (C=O) groups excluding carboxylic acids is 1. The van der Waals surface area contributed by atoms with E-state index in [9.17, 15) is 4.79 Å². The van der Waals surface area contributed by atoms with Crippen LogP contribution < -0.4 is 5.32 Å². The molecule has 0 saturated carbocycles. The first-order chi connectivity index (χ1) is 7.85. The summed E-state index contributed by atoms with van der Waals surface area (Å²) >= 11 is 0. The number of ether oxygens (including phenoxy) is 1. The zero-order valence-corrected chi connectivity index (χ0v) is 11.7. The number of methoxy groups -OCH3 is 1. The Morgan fingerprint density at radius 1 is 1.53 bits per heavy atom. The molecule has 0 aromatic carbocycles. The smallest absolute Gasteiger partial charge is 0.248 e. The van der Waals surface area contributed by atoms with Crippen molar-refractivity contribution in [2.45, 2.75) is 45.7 Å². The molecule has 1 unspecified atom stereocenters. The summed E-state index contributed by atoms with van der Waals surface area (Å²) in [5.41, 5.74) is -0.00309. The number of nitrogens with one attached hydrogen (secondary N) is 1. The Morgan fingerprint density at radius 3 is 2.71 bits per heavy atom. The van der Waals surface area contributed by atoms with E-state index in [2.05, 4.69) is 33.0 Å². The molecular formula is C13H26N2O2. The van der Waals surface area contributed by atoms with Gasteiger partial charge in [0.25, 0.3) is 0 Å². The standard InChI is InChI=1S/C13H26N2O2/c1-10(2)6-11-7-14-13(3,4)9-15(11)12(16)8-17-5/h10-11,14H,6-9H2,1-5H3. The van der Waals surface area contributed by atoms with Gasteiger partial charge in [0.1, 0.15) is 6.61 Å². The molecule has 0 aliphatic carbocycles. The van der Waals surface area contributed by atoms with Crippen LogP contribution in [0.25, 0.3) is 0 Å². The molecule has 1 atom stereocenters. The molecule has 1 saturated heterocycles. The summed E-state index contributed by atoms with van der Waals surface area (Å²) in [5, 5.41) is 3.51. The largest absolute Gasteiger partial charge is 0.375 e. The van der Waals surface area contributed by atoms with Crippen LogP contribution >= 0.6 is 0 Å². The summed E-state index contributed by atoms with van der Waals surface area (Å²) in [4.78, 5) is 14.0. The van der Waals surface area contributed by atoms with E-state index in [1.54, 1.807) is 7.11 Å². The summed E-state index contributed by atoms with van der Waals surface area (Å²) in [6.45, 7) is 10.5. The summed E-state index contributed by atoms with van der Waals surface area (Å²) in [6, 6.07) is 0.297. The van der Waals surface area contributed by atoms with E-state index >= 15 is 0 Å². The molecule has 0 bridgehead atoms. The van der Waals surface area contributed by atoms with Crippen LogP contribution in [-0.4, -0.2) is 49.2 Å². The minimum Gasteiger partial charge on any atom is -0.375 e. The van der Waals surface area contributed by atoms with Crippen molar-refractivity contribution >= 4 is 5.91 Å². The molecule has 1 N–H and O–H groups in total. The number of amides is 1. The first kappa shape index (κ1) is 14.5. The molecule has 1 aliphatic heterocycles. The fourth-order valence-electron chi connectivity index (χ4n) is 2.37. The maximum Gasteiger partial charge on any atom is 0.248 e. The van der Waals surface area contributed by atoms with Crippen LogP contribution in [-0.2, 0) is 9.53 Å². The number of carbonyl (C=O) groups is 1. The van der Waals surface area contributed by atoms with E-state index in [1.807, 2.05) is 4.90 Å². The first-order valence-corrected chi connectivity index (χ1v) is 6.39. The Kier molecular flexibility index (Phi) is 4.95. The topological polar surface area (TPSA) is 41.6 Å². The van der Waals surface area contributed by atoms with Gasteiger partial charge in [0.2, 0.25) is 5.91 Å². The van der Waals surface area contributed by atoms with Crippen molar-refractivity contribution in [3.05, 3.63) is 0 Å². The molecule has 1 rings (SSSR count). The average molecular weight is 242 g/mol. The second kappa shape index (κ2) is 5.83. The Balaban J connectivity index is 2.71. The third-order valence-corrected chi connectivity index (χ3v) is 3.15. The Bertz CT molecular complexity index is 264. The molecule has 0 spiro atoms. The zero-order chi connectivity index (χ0) is 13.1. The maximum absolute atomic E-state index is 12.1. The lowest BCUT2D eigenvalue weighted by atomic mass is 9.94. The van der Waals surface area contributed by atoms with Gasteiger partial charge in [-0.05, 0) is 26.2 Å². The van der Waals surface area contributed by atoms with Crippen LogP contribution in [0.15, 0.2) is 0 Å². The monoisotopic (exact) mass is 242 g/mol. The normalized spacial score (nSPS) is 24.1. The highest BCUT2D eigenvalue weighted by molar-refractivity contribution is 5.78. The van der Waals surface area contributed by atoms with Crippen LogP contribution in [0.5, 0.6) is 0 Å². The number of hydrogen-bond acceptors (Lipinski definition) is 3. The molecule has 1 heterocycles. The van der Waals surface area contributed by atoms with Crippen molar-refractivity contribution in [3.63, 3.8) is 0 Å². The molecule has 100 valence electrons. The summed E-state index contributed by atoms with van der Waals surface area (Å²) in [7, 11) is 1.57. The van der Waals surface area contributed by atoms with Crippen LogP contribution in [0.3, 0.4) is 0 Å². The average Bonchev–Trinajstić information content (AvgIpc) is 2.20. The van der Waals surface area contributed by atoms with E-state index < -0.39 is 0 Å². The quantitative estimate of drug-likeness (QED) is 0.807. The highest BCUT2D eigenvalue weighted by Crippen LogP contribution is 2.20. The van der Waals surface area contributed by atoms with Crippen molar-refractivity contribution in [3.8, 4) is 0 Å². The predicted molar refractivity (Wildman–Crippen MR) is 68.9 cm³/mol. The minimum atomic E-state index is -0.00309. The second-order valence-electron chi connectivity index (χ2n) is 6.00. The number of rotatable bonds is 4. The summed E-state index contributed by atoms with van der Waals surface area (Å²) in [5.74, 6) is 0.702. The highest BCUT2D eigenvalue weighted by atomic mass is 16.5. The maximum atomic E-state index is 12.1. The van der Waals surface area contributed by atoms with Crippen molar-refractivity contribution in [1.29, 1.82) is 0 Å². The van der Waals surface area contributed by atoms with Crippen LogP contribution in [0, 0.1) is 5.92 Å². The van der Waals surface area contributed by atoms with Crippen LogP contribution in [0.2, 0.25) is 0 Å². The molecule has 1 amide bonds. The molecule has 4 heteroatoms. The summed E-state index contributed by atoms with van der Waals surface area (Å²) < 4.78 is 4.97. The van der Waals surface area contributed by atoms with Crippen LogP contribution in [0.4, 0.5) is 0 Å². The van der Waals surface area contributed by atoms with Gasteiger partial charge in [-0.2, -0.15) is 0 Å². The minimum absolute atomic E-state index is 0.00309. The number of hydrogen-bond donors (Lipinski definition) is 1. The molecular weight excluding hydrogens is 216 g/mol. The van der Waals surface area contributed by atoms with Gasteiger partial charge in [-0.3, -0.25) is 4.79 Å². The van der Waals surface area contributed by atoms with Gasteiger partial charge in [-0.25, -0.2) is 0 Å². The van der Waals surface area contributed by atoms with Crippen molar-refractivity contribution in [2.75, 3.05) is 26.8 Å². The van der Waals surface area contributed by atoms with E-state index in [1.165, 1.54) is 0 Å². The number of piperazine rings is 1. The fraction of sp³-hybridized carbons (Fsp3) is 0.923. The van der Waals surface area contributed by atoms with Crippen molar-refractivity contribution in [2.24, 2.45) is 5.92 Å². The molecule has 17 heavy (non-hydrogen) atoms. The molecule has 0 aromatic rings. The molecule has 1 fully saturated rings. The second-order valence-corrected chi connectivity index (χ2v) is 6.00. The number of nitrogens with zero attached hydrogens (tertiary/aromatic N) is 1. The van der Waals surface area contributed by atoms with E-state index in [0.717, 1.165) is 19.5 Å². The molecule has 1 aliphatic rings. The Morgan fingerprint density at radius 2 is 2.18 bits per heavy atom. The van der Waals surface area contributed by atoms with Crippen LogP contribution in [0.1, 0.15) is 34.1 Å². The van der Waals surface area contributed by atoms with Gasteiger partial charge < -0.3 is 15.0 Å². The van der Waals surface area contributed by atoms with Gasteiger partial charge in [0.15, 0.2) is 0 Å². The third-order valence-electron chi connectivity index (χ3n) is 3.15. The van der Waals surface area contributed by atoms with Gasteiger partial charge in [-0.15, -0.1) is 0 Å².